The second kappa shape index (κ2) is 10.0. The van der Waals surface area contributed by atoms with Gasteiger partial charge in [-0.15, -0.1) is 0 Å². The van der Waals surface area contributed by atoms with Crippen molar-refractivity contribution in [2.45, 2.75) is 18.1 Å². The van der Waals surface area contributed by atoms with Crippen LogP contribution in [0.25, 0.3) is 10.9 Å². The van der Waals surface area contributed by atoms with Crippen molar-refractivity contribution in [1.82, 2.24) is 10.3 Å². The molecule has 2 N–H and O–H groups in total. The highest BCUT2D eigenvalue weighted by molar-refractivity contribution is 5.84. The highest BCUT2D eigenvalue weighted by Crippen LogP contribution is 2.37. The maximum absolute atomic E-state index is 5.94. The van der Waals surface area contributed by atoms with Crippen LogP contribution in [0, 0.1) is 0 Å². The maximum atomic E-state index is 5.94. The molecule has 4 heteroatoms. The molecule has 6 rings (SSSR count). The van der Waals surface area contributed by atoms with E-state index in [4.69, 9.17) is 9.47 Å². The third kappa shape index (κ3) is 4.53. The van der Waals surface area contributed by atoms with E-state index in [0.717, 1.165) is 30.8 Å². The van der Waals surface area contributed by atoms with Crippen LogP contribution < -0.4 is 10.1 Å². The highest BCUT2D eigenvalue weighted by Gasteiger charge is 2.35. The van der Waals surface area contributed by atoms with E-state index in [0.29, 0.717) is 6.61 Å². The van der Waals surface area contributed by atoms with E-state index < -0.39 is 5.54 Å². The SMILES string of the molecule is c1ccc(C(NCCc2c[nH]c3ccc(OCC4CO4)cc23)(c2ccccc2)c2ccccc2)cc1. The van der Waals surface area contributed by atoms with Crippen molar-refractivity contribution in [3.05, 3.63) is 138 Å². The van der Waals surface area contributed by atoms with Crippen molar-refractivity contribution in [1.29, 1.82) is 0 Å². The van der Waals surface area contributed by atoms with Gasteiger partial charge in [-0.3, -0.25) is 5.32 Å². The highest BCUT2D eigenvalue weighted by atomic mass is 16.6. The minimum atomic E-state index is -0.464. The van der Waals surface area contributed by atoms with Gasteiger partial charge in [-0.05, 0) is 46.9 Å². The predicted octanol–water partition coefficient (Wildman–Crippen LogP) is 6.07. The van der Waals surface area contributed by atoms with Crippen molar-refractivity contribution < 1.29 is 9.47 Å². The van der Waals surface area contributed by atoms with Gasteiger partial charge in [-0.2, -0.15) is 0 Å². The van der Waals surface area contributed by atoms with Crippen LogP contribution in [-0.2, 0) is 16.7 Å². The fourth-order valence-corrected chi connectivity index (χ4v) is 5.06. The van der Waals surface area contributed by atoms with Gasteiger partial charge in [0.25, 0.3) is 0 Å². The summed E-state index contributed by atoms with van der Waals surface area (Å²) < 4.78 is 11.2. The summed E-state index contributed by atoms with van der Waals surface area (Å²) in [6.07, 6.45) is 3.25. The average molecular weight is 475 g/mol. The monoisotopic (exact) mass is 474 g/mol. The van der Waals surface area contributed by atoms with Gasteiger partial charge in [0.15, 0.2) is 0 Å². The largest absolute Gasteiger partial charge is 0.491 e. The Kier molecular flexibility index (Phi) is 6.29. The molecule has 0 amide bonds. The Morgan fingerprint density at radius 1 is 0.806 bits per heavy atom. The third-order valence-electron chi connectivity index (χ3n) is 6.98. The topological polar surface area (TPSA) is 49.6 Å². The fourth-order valence-electron chi connectivity index (χ4n) is 5.06. The summed E-state index contributed by atoms with van der Waals surface area (Å²) in [5.41, 5.74) is 5.60. The zero-order valence-electron chi connectivity index (χ0n) is 20.2. The van der Waals surface area contributed by atoms with Crippen LogP contribution in [0.2, 0.25) is 0 Å². The zero-order valence-corrected chi connectivity index (χ0v) is 20.2. The molecular weight excluding hydrogens is 444 g/mol. The van der Waals surface area contributed by atoms with Crippen molar-refractivity contribution in [2.24, 2.45) is 0 Å². The summed E-state index contributed by atoms with van der Waals surface area (Å²) in [5.74, 6) is 0.888. The molecule has 1 unspecified atom stereocenters. The molecule has 1 fully saturated rings. The first-order valence-corrected chi connectivity index (χ1v) is 12.6. The van der Waals surface area contributed by atoms with Gasteiger partial charge in [-0.25, -0.2) is 0 Å². The normalized spacial score (nSPS) is 15.2. The maximum Gasteiger partial charge on any atom is 0.120 e. The first kappa shape index (κ1) is 22.6. The molecule has 5 aromatic rings. The molecule has 0 radical (unpaired) electrons. The van der Waals surface area contributed by atoms with E-state index in [-0.39, 0.29) is 6.10 Å². The number of epoxide rings is 1. The molecule has 1 saturated heterocycles. The lowest BCUT2D eigenvalue weighted by molar-refractivity contribution is 0.263. The molecule has 1 aromatic heterocycles. The van der Waals surface area contributed by atoms with Gasteiger partial charge in [0.05, 0.1) is 12.1 Å². The molecule has 0 bridgehead atoms. The number of nitrogens with one attached hydrogen (secondary N) is 2. The van der Waals surface area contributed by atoms with Gasteiger partial charge < -0.3 is 14.5 Å². The Bertz CT molecular complexity index is 1310. The summed E-state index contributed by atoms with van der Waals surface area (Å²) >= 11 is 0. The minimum Gasteiger partial charge on any atom is -0.491 e. The number of hydrogen-bond donors (Lipinski definition) is 2. The predicted molar refractivity (Wildman–Crippen MR) is 144 cm³/mol. The van der Waals surface area contributed by atoms with Crippen LogP contribution in [0.1, 0.15) is 22.3 Å². The number of aromatic amines is 1. The van der Waals surface area contributed by atoms with Gasteiger partial charge in [0.2, 0.25) is 0 Å². The van der Waals surface area contributed by atoms with E-state index in [1.165, 1.54) is 27.6 Å². The van der Waals surface area contributed by atoms with Gasteiger partial charge in [0.1, 0.15) is 18.5 Å². The Labute approximate surface area is 211 Å². The number of H-pyrrole nitrogens is 1. The van der Waals surface area contributed by atoms with E-state index in [9.17, 15) is 0 Å². The summed E-state index contributed by atoms with van der Waals surface area (Å²) in [4.78, 5) is 3.43. The van der Waals surface area contributed by atoms with Crippen LogP contribution in [-0.4, -0.2) is 30.8 Å². The lowest BCUT2D eigenvalue weighted by Crippen LogP contribution is -2.45. The molecule has 4 aromatic carbocycles. The van der Waals surface area contributed by atoms with Gasteiger partial charge in [0, 0.05) is 23.6 Å². The number of benzene rings is 4. The summed E-state index contributed by atoms with van der Waals surface area (Å²) in [6.45, 7) is 2.21. The second-order valence-electron chi connectivity index (χ2n) is 9.31. The van der Waals surface area contributed by atoms with Crippen LogP contribution in [0.3, 0.4) is 0 Å². The first-order valence-electron chi connectivity index (χ1n) is 12.6. The number of fused-ring (bicyclic) bond motifs is 1. The molecule has 36 heavy (non-hydrogen) atoms. The Hall–Kier alpha value is -3.86. The van der Waals surface area contributed by atoms with E-state index >= 15 is 0 Å². The number of aromatic nitrogens is 1. The van der Waals surface area contributed by atoms with E-state index in [2.05, 4.69) is 120 Å². The molecule has 0 saturated carbocycles. The Morgan fingerprint density at radius 3 is 1.94 bits per heavy atom. The van der Waals surface area contributed by atoms with Crippen LogP contribution in [0.15, 0.2) is 115 Å². The molecule has 0 spiro atoms. The third-order valence-corrected chi connectivity index (χ3v) is 6.98. The van der Waals surface area contributed by atoms with Crippen LogP contribution in [0.5, 0.6) is 5.75 Å². The summed E-state index contributed by atoms with van der Waals surface area (Å²) in [5, 5.41) is 5.19. The van der Waals surface area contributed by atoms with Gasteiger partial charge in [-0.1, -0.05) is 91.0 Å². The lowest BCUT2D eigenvalue weighted by atomic mass is 9.77. The smallest absolute Gasteiger partial charge is 0.120 e. The van der Waals surface area contributed by atoms with Crippen molar-refractivity contribution in [3.8, 4) is 5.75 Å². The molecule has 0 aliphatic carbocycles. The van der Waals surface area contributed by atoms with E-state index in [1.807, 2.05) is 6.07 Å². The minimum absolute atomic E-state index is 0.248. The lowest BCUT2D eigenvalue weighted by Gasteiger charge is -2.37. The number of ether oxygens (including phenoxy) is 2. The molecular formula is C32H30N2O2. The number of rotatable bonds is 10. The molecule has 1 aliphatic heterocycles. The molecule has 1 atom stereocenters. The van der Waals surface area contributed by atoms with E-state index in [1.54, 1.807) is 0 Å². The quantitative estimate of drug-likeness (QED) is 0.191. The fraction of sp³-hybridized carbons (Fsp3) is 0.188. The average Bonchev–Trinajstić information content (AvgIpc) is 3.70. The molecule has 180 valence electrons. The van der Waals surface area contributed by atoms with Crippen molar-refractivity contribution >= 4 is 10.9 Å². The number of hydrogen-bond acceptors (Lipinski definition) is 3. The Morgan fingerprint density at radius 2 is 1.39 bits per heavy atom. The van der Waals surface area contributed by atoms with Gasteiger partial charge >= 0.3 is 0 Å². The first-order chi connectivity index (χ1) is 17.8. The van der Waals surface area contributed by atoms with Crippen molar-refractivity contribution in [3.63, 3.8) is 0 Å². The molecule has 1 aliphatic rings. The zero-order chi connectivity index (χ0) is 24.2. The summed E-state index contributed by atoms with van der Waals surface area (Å²) in [7, 11) is 0. The summed E-state index contributed by atoms with van der Waals surface area (Å²) in [6, 6.07) is 38.5. The van der Waals surface area contributed by atoms with Crippen LogP contribution in [0.4, 0.5) is 0 Å². The molecule has 2 heterocycles. The van der Waals surface area contributed by atoms with Crippen molar-refractivity contribution in [2.75, 3.05) is 19.8 Å². The standard InChI is InChI=1S/C32H30N2O2/c1-4-10-25(11-5-1)32(26-12-6-2-7-13-26,27-14-8-3-9-15-27)34-19-18-24-21-33-31-17-16-28(20-30(24)31)35-22-29-23-36-29/h1-17,20-21,29,33-34H,18-19,22-23H2. The molecule has 4 nitrogen and oxygen atoms in total. The van der Waals surface area contributed by atoms with Crippen LogP contribution >= 0.6 is 0 Å². The second-order valence-corrected chi connectivity index (χ2v) is 9.31. The Balaban J connectivity index is 1.32.